The standard InChI is InChI=1S/C18H19BrClFN2O3S2/c1-28(25,26)23(14-5-2-4-13(19)10-14)11-18(24)22-8-9-27-12-15-16(20)6-3-7-17(15)21/h2-7,10H,8-9,11-12H2,1H3,(H,22,24). The van der Waals surface area contributed by atoms with Gasteiger partial charge in [-0.2, -0.15) is 11.8 Å². The zero-order valence-electron chi connectivity index (χ0n) is 15.0. The zero-order chi connectivity index (χ0) is 20.7. The highest BCUT2D eigenvalue weighted by Gasteiger charge is 2.20. The fraction of sp³-hybridized carbons (Fsp3) is 0.278. The van der Waals surface area contributed by atoms with E-state index in [-0.39, 0.29) is 12.4 Å². The molecule has 2 rings (SSSR count). The lowest BCUT2D eigenvalue weighted by Gasteiger charge is -2.22. The Morgan fingerprint density at radius 1 is 1.29 bits per heavy atom. The van der Waals surface area contributed by atoms with Crippen molar-refractivity contribution in [1.29, 1.82) is 0 Å². The second-order valence-electron chi connectivity index (χ2n) is 5.85. The summed E-state index contributed by atoms with van der Waals surface area (Å²) in [4.78, 5) is 12.2. The number of thioether (sulfide) groups is 1. The number of benzene rings is 2. The lowest BCUT2D eigenvalue weighted by Crippen LogP contribution is -2.41. The Kier molecular flexibility index (Phi) is 8.60. The summed E-state index contributed by atoms with van der Waals surface area (Å²) < 4.78 is 39.6. The average Bonchev–Trinajstić information content (AvgIpc) is 2.60. The predicted octanol–water partition coefficient (Wildman–Crippen LogP) is 4.06. The molecule has 0 aromatic heterocycles. The molecule has 0 spiro atoms. The number of hydrogen-bond donors (Lipinski definition) is 1. The molecule has 0 fully saturated rings. The van der Waals surface area contributed by atoms with Crippen LogP contribution < -0.4 is 9.62 Å². The van der Waals surface area contributed by atoms with Crippen LogP contribution in [0.1, 0.15) is 5.56 Å². The first-order valence-corrected chi connectivity index (χ1v) is 12.4. The molecule has 0 radical (unpaired) electrons. The Bertz CT molecular complexity index is 924. The number of anilines is 1. The number of carbonyl (C=O) groups is 1. The topological polar surface area (TPSA) is 66.5 Å². The molecule has 0 aliphatic heterocycles. The van der Waals surface area contributed by atoms with Crippen LogP contribution in [-0.4, -0.2) is 39.4 Å². The Morgan fingerprint density at radius 2 is 2.00 bits per heavy atom. The molecule has 0 unspecified atom stereocenters. The molecule has 0 atom stereocenters. The number of amides is 1. The summed E-state index contributed by atoms with van der Waals surface area (Å²) in [5, 5.41) is 3.05. The lowest BCUT2D eigenvalue weighted by molar-refractivity contribution is -0.119. The monoisotopic (exact) mass is 508 g/mol. The summed E-state index contributed by atoms with van der Waals surface area (Å²) >= 11 is 10.7. The van der Waals surface area contributed by atoms with Crippen LogP contribution in [0.5, 0.6) is 0 Å². The van der Waals surface area contributed by atoms with E-state index in [9.17, 15) is 17.6 Å². The minimum Gasteiger partial charge on any atom is -0.354 e. The highest BCUT2D eigenvalue weighted by atomic mass is 79.9. The van der Waals surface area contributed by atoms with Crippen LogP contribution >= 0.6 is 39.3 Å². The smallest absolute Gasteiger partial charge is 0.240 e. The molecule has 0 aliphatic rings. The predicted molar refractivity (Wildman–Crippen MR) is 117 cm³/mol. The molecule has 0 aliphatic carbocycles. The highest BCUT2D eigenvalue weighted by molar-refractivity contribution is 9.10. The number of hydrogen-bond acceptors (Lipinski definition) is 4. The van der Waals surface area contributed by atoms with Gasteiger partial charge in [-0.15, -0.1) is 0 Å². The number of sulfonamides is 1. The number of carbonyl (C=O) groups excluding carboxylic acids is 1. The van der Waals surface area contributed by atoms with Crippen molar-refractivity contribution in [2.75, 3.05) is 29.4 Å². The molecule has 2 aromatic carbocycles. The average molecular weight is 510 g/mol. The van der Waals surface area contributed by atoms with E-state index in [1.807, 2.05) is 0 Å². The second-order valence-corrected chi connectivity index (χ2v) is 10.2. The van der Waals surface area contributed by atoms with Gasteiger partial charge in [0.15, 0.2) is 0 Å². The SMILES string of the molecule is CS(=O)(=O)N(CC(=O)NCCSCc1c(F)cccc1Cl)c1cccc(Br)c1. The Balaban J connectivity index is 1.85. The molecule has 152 valence electrons. The number of halogens is 3. The van der Waals surface area contributed by atoms with Crippen LogP contribution in [0.2, 0.25) is 5.02 Å². The number of nitrogens with zero attached hydrogens (tertiary/aromatic N) is 1. The van der Waals surface area contributed by atoms with Gasteiger partial charge in [-0.25, -0.2) is 12.8 Å². The van der Waals surface area contributed by atoms with E-state index in [0.717, 1.165) is 10.6 Å². The van der Waals surface area contributed by atoms with Crippen molar-refractivity contribution in [3.8, 4) is 0 Å². The van der Waals surface area contributed by atoms with E-state index in [2.05, 4.69) is 21.2 Å². The third-order valence-corrected chi connectivity index (χ3v) is 6.63. The first kappa shape index (κ1) is 23.0. The van der Waals surface area contributed by atoms with Gasteiger partial charge in [0.2, 0.25) is 15.9 Å². The fourth-order valence-corrected chi connectivity index (χ4v) is 4.76. The van der Waals surface area contributed by atoms with E-state index >= 15 is 0 Å². The summed E-state index contributed by atoms with van der Waals surface area (Å²) in [6.45, 7) is 0.00471. The van der Waals surface area contributed by atoms with Gasteiger partial charge >= 0.3 is 0 Å². The van der Waals surface area contributed by atoms with Gasteiger partial charge in [-0.3, -0.25) is 9.10 Å². The summed E-state index contributed by atoms with van der Waals surface area (Å²) in [5.41, 5.74) is 0.828. The van der Waals surface area contributed by atoms with Crippen LogP contribution in [0, 0.1) is 5.82 Å². The van der Waals surface area contributed by atoms with Crippen LogP contribution in [0.25, 0.3) is 0 Å². The van der Waals surface area contributed by atoms with E-state index < -0.39 is 15.9 Å². The Labute approximate surface area is 181 Å². The van der Waals surface area contributed by atoms with Gasteiger partial charge in [0.05, 0.1) is 11.9 Å². The van der Waals surface area contributed by atoms with Gasteiger partial charge in [0.1, 0.15) is 12.4 Å². The molecule has 0 saturated carbocycles. The molecular weight excluding hydrogens is 491 g/mol. The Hall–Kier alpha value is -1.29. The van der Waals surface area contributed by atoms with Gasteiger partial charge < -0.3 is 5.32 Å². The van der Waals surface area contributed by atoms with Crippen molar-refractivity contribution in [3.05, 3.63) is 63.3 Å². The van der Waals surface area contributed by atoms with Crippen LogP contribution in [0.3, 0.4) is 0 Å². The first-order valence-electron chi connectivity index (χ1n) is 8.19. The molecule has 0 bridgehead atoms. The van der Waals surface area contributed by atoms with E-state index in [4.69, 9.17) is 11.6 Å². The maximum Gasteiger partial charge on any atom is 0.240 e. The number of rotatable bonds is 9. The van der Waals surface area contributed by atoms with Gasteiger partial charge in [0.25, 0.3) is 0 Å². The van der Waals surface area contributed by atoms with Gasteiger partial charge in [0, 0.05) is 33.1 Å². The van der Waals surface area contributed by atoms with Crippen molar-refractivity contribution in [3.63, 3.8) is 0 Å². The van der Waals surface area contributed by atoms with E-state index in [1.54, 1.807) is 36.4 Å². The van der Waals surface area contributed by atoms with Crippen LogP contribution in [-0.2, 0) is 20.6 Å². The number of nitrogens with one attached hydrogen (secondary N) is 1. The van der Waals surface area contributed by atoms with Crippen molar-refractivity contribution < 1.29 is 17.6 Å². The zero-order valence-corrected chi connectivity index (χ0v) is 19.0. The molecule has 1 N–H and O–H groups in total. The second kappa shape index (κ2) is 10.5. The minimum atomic E-state index is -3.62. The molecule has 0 heterocycles. The fourth-order valence-electron chi connectivity index (χ4n) is 2.32. The summed E-state index contributed by atoms with van der Waals surface area (Å²) in [7, 11) is -3.62. The third-order valence-electron chi connectivity index (χ3n) is 3.66. The lowest BCUT2D eigenvalue weighted by atomic mass is 10.2. The van der Waals surface area contributed by atoms with E-state index in [0.29, 0.717) is 38.8 Å². The first-order chi connectivity index (χ1) is 13.2. The summed E-state index contributed by atoms with van der Waals surface area (Å²) in [5.74, 6) is 0.137. The molecule has 10 heteroatoms. The quantitative estimate of drug-likeness (QED) is 0.518. The van der Waals surface area contributed by atoms with Crippen molar-refractivity contribution in [1.82, 2.24) is 5.32 Å². The van der Waals surface area contributed by atoms with Crippen molar-refractivity contribution in [2.45, 2.75) is 5.75 Å². The normalized spacial score (nSPS) is 11.3. The van der Waals surface area contributed by atoms with Gasteiger partial charge in [-0.1, -0.05) is 39.7 Å². The van der Waals surface area contributed by atoms with E-state index in [1.165, 1.54) is 17.8 Å². The van der Waals surface area contributed by atoms with Crippen molar-refractivity contribution in [2.24, 2.45) is 0 Å². The maximum atomic E-state index is 13.7. The summed E-state index contributed by atoms with van der Waals surface area (Å²) in [6.07, 6.45) is 1.05. The largest absolute Gasteiger partial charge is 0.354 e. The molecule has 1 amide bonds. The van der Waals surface area contributed by atoms with Crippen LogP contribution in [0.4, 0.5) is 10.1 Å². The van der Waals surface area contributed by atoms with Crippen molar-refractivity contribution >= 4 is 60.9 Å². The Morgan fingerprint density at radius 3 is 2.64 bits per heavy atom. The molecule has 0 saturated heterocycles. The maximum absolute atomic E-state index is 13.7. The highest BCUT2D eigenvalue weighted by Crippen LogP contribution is 2.24. The third kappa shape index (κ3) is 6.95. The molecule has 5 nitrogen and oxygen atoms in total. The molecular formula is C18H19BrClFN2O3S2. The summed E-state index contributed by atoms with van der Waals surface area (Å²) in [6, 6.07) is 11.2. The van der Waals surface area contributed by atoms with Gasteiger partial charge in [-0.05, 0) is 30.3 Å². The minimum absolute atomic E-state index is 0.320. The van der Waals surface area contributed by atoms with Crippen LogP contribution in [0.15, 0.2) is 46.9 Å². The molecule has 2 aromatic rings. The molecule has 28 heavy (non-hydrogen) atoms.